The van der Waals surface area contributed by atoms with Gasteiger partial charge in [-0.25, -0.2) is 13.6 Å². The first-order chi connectivity index (χ1) is 6.97. The van der Waals surface area contributed by atoms with Crippen LogP contribution in [0.3, 0.4) is 0 Å². The van der Waals surface area contributed by atoms with Gasteiger partial charge in [0.15, 0.2) is 0 Å². The van der Waals surface area contributed by atoms with Gasteiger partial charge in [-0.2, -0.15) is 0 Å². The summed E-state index contributed by atoms with van der Waals surface area (Å²) in [4.78, 5) is 24.0. The van der Waals surface area contributed by atoms with E-state index >= 15 is 0 Å². The molecule has 0 bridgehead atoms. The van der Waals surface area contributed by atoms with E-state index in [2.05, 4.69) is 4.74 Å². The topological polar surface area (TPSA) is 59.2 Å². The summed E-state index contributed by atoms with van der Waals surface area (Å²) in [7, 11) is 1.08. The largest absolute Gasteiger partial charge is 0.464 e. The molecule has 82 valence electrons. The minimum atomic E-state index is -2.95. The fourth-order valence-electron chi connectivity index (χ4n) is 0.932. The predicted octanol–water partition coefficient (Wildman–Crippen LogP) is 1.75. The summed E-state index contributed by atoms with van der Waals surface area (Å²) in [5.74, 6) is -0.891. The Morgan fingerprint density at radius 2 is 2.20 bits per heavy atom. The van der Waals surface area contributed by atoms with Gasteiger partial charge in [0.1, 0.15) is 5.69 Å². The molecule has 0 aliphatic carbocycles. The van der Waals surface area contributed by atoms with Gasteiger partial charge < -0.3 is 9.72 Å². The van der Waals surface area contributed by atoms with Crippen molar-refractivity contribution in [1.82, 2.24) is 4.98 Å². The molecule has 1 aromatic rings. The minimum absolute atomic E-state index is 0.281. The number of hydrogen-bond acceptors (Lipinski definition) is 3. The summed E-state index contributed by atoms with van der Waals surface area (Å²) in [5, 5.41) is -0.281. The standard InChI is InChI=1S/C8H6ClF2NO3/c1-15-8(14)5-4(9)2-3(6(10)11)7(13)12-5/h2,6H,1H3,(H,12,13). The van der Waals surface area contributed by atoms with Crippen molar-refractivity contribution >= 4 is 17.6 Å². The van der Waals surface area contributed by atoms with Crippen LogP contribution in [0.25, 0.3) is 0 Å². The lowest BCUT2D eigenvalue weighted by atomic mass is 10.2. The Hall–Kier alpha value is -1.43. The average Bonchev–Trinajstić information content (AvgIpc) is 2.19. The highest BCUT2D eigenvalue weighted by molar-refractivity contribution is 6.33. The van der Waals surface area contributed by atoms with Crippen molar-refractivity contribution in [3.05, 3.63) is 32.7 Å². The Bertz CT molecular complexity index is 444. The van der Waals surface area contributed by atoms with Crippen molar-refractivity contribution in [3.8, 4) is 0 Å². The molecule has 15 heavy (non-hydrogen) atoms. The summed E-state index contributed by atoms with van der Waals surface area (Å²) in [6.07, 6.45) is -2.95. The van der Waals surface area contributed by atoms with E-state index in [1.165, 1.54) is 0 Å². The van der Waals surface area contributed by atoms with Crippen molar-refractivity contribution in [2.24, 2.45) is 0 Å². The molecule has 1 N–H and O–H groups in total. The summed E-state index contributed by atoms with van der Waals surface area (Å²) in [6, 6.07) is 0.747. The number of methoxy groups -OCH3 is 1. The van der Waals surface area contributed by atoms with E-state index in [-0.39, 0.29) is 10.7 Å². The van der Waals surface area contributed by atoms with Crippen molar-refractivity contribution in [3.63, 3.8) is 0 Å². The van der Waals surface area contributed by atoms with Gasteiger partial charge >= 0.3 is 5.97 Å². The molecule has 0 aromatic carbocycles. The number of halogens is 3. The lowest BCUT2D eigenvalue weighted by molar-refractivity contribution is 0.0593. The molecule has 0 unspecified atom stereocenters. The lowest BCUT2D eigenvalue weighted by Crippen LogP contribution is -2.18. The molecule has 0 saturated heterocycles. The zero-order valence-electron chi connectivity index (χ0n) is 7.51. The Morgan fingerprint density at radius 1 is 1.60 bits per heavy atom. The van der Waals surface area contributed by atoms with Crippen LogP contribution in [0.1, 0.15) is 22.5 Å². The summed E-state index contributed by atoms with van der Waals surface area (Å²) >= 11 is 5.51. The van der Waals surface area contributed by atoms with Crippen LogP contribution < -0.4 is 5.56 Å². The maximum Gasteiger partial charge on any atom is 0.356 e. The molecule has 1 aromatic heterocycles. The van der Waals surface area contributed by atoms with Gasteiger partial charge in [0.05, 0.1) is 17.7 Å². The van der Waals surface area contributed by atoms with E-state index < -0.39 is 23.5 Å². The van der Waals surface area contributed by atoms with Gasteiger partial charge in [-0.15, -0.1) is 0 Å². The summed E-state index contributed by atoms with van der Waals surface area (Å²) in [6.45, 7) is 0. The molecule has 0 aliphatic heterocycles. The molecule has 4 nitrogen and oxygen atoms in total. The Labute approximate surface area is 87.8 Å². The first kappa shape index (κ1) is 11.6. The number of H-pyrrole nitrogens is 1. The number of carbonyl (C=O) groups is 1. The van der Waals surface area contributed by atoms with E-state index in [9.17, 15) is 18.4 Å². The lowest BCUT2D eigenvalue weighted by Gasteiger charge is -2.04. The molecule has 0 fully saturated rings. The molecule has 0 saturated carbocycles. The fraction of sp³-hybridized carbons (Fsp3) is 0.250. The quantitative estimate of drug-likeness (QED) is 0.798. The number of alkyl halides is 2. The van der Waals surface area contributed by atoms with Crippen LogP contribution in [0.5, 0.6) is 0 Å². The van der Waals surface area contributed by atoms with Gasteiger partial charge in [0.2, 0.25) is 0 Å². The molecule has 1 rings (SSSR count). The summed E-state index contributed by atoms with van der Waals surface area (Å²) in [5.41, 5.74) is -2.18. The molecule has 7 heteroatoms. The van der Waals surface area contributed by atoms with Crippen LogP contribution in [0.15, 0.2) is 10.9 Å². The fourth-order valence-corrected chi connectivity index (χ4v) is 1.17. The first-order valence-corrected chi connectivity index (χ1v) is 4.14. The maximum absolute atomic E-state index is 12.2. The SMILES string of the molecule is COC(=O)c1[nH]c(=O)c(C(F)F)cc1Cl. The molecule has 0 atom stereocenters. The van der Waals surface area contributed by atoms with Crippen LogP contribution >= 0.6 is 11.6 Å². The van der Waals surface area contributed by atoms with Crippen LogP contribution in [0, 0.1) is 0 Å². The van der Waals surface area contributed by atoms with E-state index in [0.717, 1.165) is 13.2 Å². The Morgan fingerprint density at radius 3 is 2.67 bits per heavy atom. The monoisotopic (exact) mass is 237 g/mol. The van der Waals surface area contributed by atoms with Crippen LogP contribution in [0.4, 0.5) is 8.78 Å². The minimum Gasteiger partial charge on any atom is -0.464 e. The average molecular weight is 238 g/mol. The number of hydrogen-bond donors (Lipinski definition) is 1. The zero-order valence-corrected chi connectivity index (χ0v) is 8.27. The molecule has 0 aliphatic rings. The van der Waals surface area contributed by atoms with Crippen LogP contribution in [-0.2, 0) is 4.74 Å². The smallest absolute Gasteiger partial charge is 0.356 e. The molecular weight excluding hydrogens is 232 g/mol. The second-order valence-corrected chi connectivity index (χ2v) is 2.98. The van der Waals surface area contributed by atoms with E-state index in [1.54, 1.807) is 0 Å². The van der Waals surface area contributed by atoms with Crippen molar-refractivity contribution in [1.29, 1.82) is 0 Å². The highest BCUT2D eigenvalue weighted by Gasteiger charge is 2.18. The third-order valence-electron chi connectivity index (χ3n) is 1.65. The maximum atomic E-state index is 12.2. The van der Waals surface area contributed by atoms with Crippen LogP contribution in [-0.4, -0.2) is 18.1 Å². The molecule has 0 spiro atoms. The van der Waals surface area contributed by atoms with E-state index in [1.807, 2.05) is 4.98 Å². The van der Waals surface area contributed by atoms with Crippen molar-refractivity contribution < 1.29 is 18.3 Å². The number of aromatic nitrogens is 1. The number of pyridine rings is 1. The highest BCUT2D eigenvalue weighted by Crippen LogP contribution is 2.20. The van der Waals surface area contributed by atoms with Crippen molar-refractivity contribution in [2.45, 2.75) is 6.43 Å². The number of carbonyl (C=O) groups excluding carboxylic acids is 1. The third-order valence-corrected chi connectivity index (χ3v) is 1.94. The Kier molecular flexibility index (Phi) is 3.41. The predicted molar refractivity (Wildman–Crippen MR) is 48.4 cm³/mol. The number of rotatable bonds is 2. The number of esters is 1. The highest BCUT2D eigenvalue weighted by atomic mass is 35.5. The van der Waals surface area contributed by atoms with E-state index in [4.69, 9.17) is 11.6 Å². The number of nitrogens with one attached hydrogen (secondary N) is 1. The zero-order chi connectivity index (χ0) is 11.6. The van der Waals surface area contributed by atoms with Gasteiger partial charge in [-0.1, -0.05) is 11.6 Å². The first-order valence-electron chi connectivity index (χ1n) is 3.76. The second kappa shape index (κ2) is 4.39. The van der Waals surface area contributed by atoms with Gasteiger partial charge in [-0.05, 0) is 6.07 Å². The normalized spacial score (nSPS) is 10.5. The third kappa shape index (κ3) is 2.33. The number of ether oxygens (including phenoxy) is 1. The second-order valence-electron chi connectivity index (χ2n) is 2.57. The van der Waals surface area contributed by atoms with Gasteiger partial charge in [0.25, 0.3) is 12.0 Å². The molecule has 1 heterocycles. The Balaban J connectivity index is 3.32. The molecule has 0 amide bonds. The van der Waals surface area contributed by atoms with E-state index in [0.29, 0.717) is 0 Å². The van der Waals surface area contributed by atoms with Gasteiger partial charge in [0, 0.05) is 0 Å². The van der Waals surface area contributed by atoms with Crippen molar-refractivity contribution in [2.75, 3.05) is 7.11 Å². The number of aromatic amines is 1. The van der Waals surface area contributed by atoms with Gasteiger partial charge in [-0.3, -0.25) is 4.79 Å². The summed E-state index contributed by atoms with van der Waals surface area (Å²) < 4.78 is 28.7. The molecule has 0 radical (unpaired) electrons. The van der Waals surface area contributed by atoms with Crippen LogP contribution in [0.2, 0.25) is 5.02 Å². The molecular formula is C8H6ClF2NO3.